The highest BCUT2D eigenvalue weighted by Gasteiger charge is 2.56. The minimum atomic E-state index is 0.00492. The van der Waals surface area contributed by atoms with Crippen molar-refractivity contribution in [1.82, 2.24) is 0 Å². The van der Waals surface area contributed by atoms with Crippen molar-refractivity contribution in [3.05, 3.63) is 29.3 Å². The molecule has 3 heteroatoms. The molecule has 0 amide bonds. The molecule has 2 fully saturated rings. The van der Waals surface area contributed by atoms with Gasteiger partial charge in [0, 0.05) is 11.8 Å². The van der Waals surface area contributed by atoms with Crippen LogP contribution in [0.5, 0.6) is 5.75 Å². The Morgan fingerprint density at radius 3 is 2.92 bits per heavy atom. The summed E-state index contributed by atoms with van der Waals surface area (Å²) in [5, 5.41) is 9.81. The number of phenolic OH excluding ortho intramolecular Hbond substituents is 1. The van der Waals surface area contributed by atoms with Crippen molar-refractivity contribution in [3.8, 4) is 5.75 Å². The number of unbranched alkanes of at least 4 members (excludes halogenated alkanes) is 1. The van der Waals surface area contributed by atoms with Crippen LogP contribution in [0.3, 0.4) is 0 Å². The molecule has 1 aromatic rings. The van der Waals surface area contributed by atoms with Crippen LogP contribution in [-0.4, -0.2) is 17.2 Å². The van der Waals surface area contributed by atoms with E-state index >= 15 is 0 Å². The average Bonchev–Trinajstić information content (AvgIpc) is 2.96. The quantitative estimate of drug-likeness (QED) is 0.740. The lowest BCUT2D eigenvalue weighted by atomic mass is 9.55. The van der Waals surface area contributed by atoms with E-state index in [1.165, 1.54) is 30.4 Å². The number of benzene rings is 1. The number of aryl methyl sites for hydroxylation is 1. The van der Waals surface area contributed by atoms with Crippen molar-refractivity contribution >= 4 is 5.97 Å². The maximum atomic E-state index is 12.2. The van der Waals surface area contributed by atoms with Crippen molar-refractivity contribution in [3.63, 3.8) is 0 Å². The fourth-order valence-electron chi connectivity index (χ4n) is 6.25. The van der Waals surface area contributed by atoms with Crippen molar-refractivity contribution in [2.24, 2.45) is 17.3 Å². The number of rotatable bonds is 4. The Balaban J connectivity index is 1.51. The third kappa shape index (κ3) is 2.93. The normalized spacial score (nSPS) is 35.3. The van der Waals surface area contributed by atoms with Crippen molar-refractivity contribution in [2.75, 3.05) is 0 Å². The Hall–Kier alpha value is -1.51. The smallest absolute Gasteiger partial charge is 0.306 e. The van der Waals surface area contributed by atoms with E-state index in [-0.39, 0.29) is 17.5 Å². The summed E-state index contributed by atoms with van der Waals surface area (Å²) >= 11 is 0. The Kier molecular flexibility index (Phi) is 4.75. The number of phenols is 1. The van der Waals surface area contributed by atoms with Crippen LogP contribution in [-0.2, 0) is 16.0 Å². The average molecular weight is 357 g/mol. The molecule has 1 N–H and O–H groups in total. The van der Waals surface area contributed by atoms with Gasteiger partial charge in [-0.2, -0.15) is 0 Å². The Morgan fingerprint density at radius 1 is 1.27 bits per heavy atom. The van der Waals surface area contributed by atoms with Crippen LogP contribution in [0.15, 0.2) is 18.2 Å². The van der Waals surface area contributed by atoms with Gasteiger partial charge in [-0.15, -0.1) is 0 Å². The summed E-state index contributed by atoms with van der Waals surface area (Å²) in [6.45, 7) is 4.49. The minimum absolute atomic E-state index is 0.00492. The molecule has 26 heavy (non-hydrogen) atoms. The molecule has 0 bridgehead atoms. The molecule has 0 aliphatic heterocycles. The molecule has 3 nitrogen and oxygen atoms in total. The first kappa shape index (κ1) is 17.9. The number of aromatic hydroxyl groups is 1. The number of hydrogen-bond acceptors (Lipinski definition) is 3. The zero-order valence-corrected chi connectivity index (χ0v) is 16.2. The fraction of sp³-hybridized carbons (Fsp3) is 0.696. The summed E-state index contributed by atoms with van der Waals surface area (Å²) in [5.74, 6) is 2.37. The van der Waals surface area contributed by atoms with Crippen LogP contribution in [0.2, 0.25) is 0 Å². The second-order valence-electron chi connectivity index (χ2n) is 9.00. The number of carbonyl (C=O) groups is 1. The molecular weight excluding hydrogens is 324 g/mol. The summed E-state index contributed by atoms with van der Waals surface area (Å²) in [4.78, 5) is 12.2. The molecule has 142 valence electrons. The summed E-state index contributed by atoms with van der Waals surface area (Å²) in [5.41, 5.74) is 2.96. The molecule has 0 unspecified atom stereocenters. The van der Waals surface area contributed by atoms with Gasteiger partial charge in [0.2, 0.25) is 0 Å². The van der Waals surface area contributed by atoms with Gasteiger partial charge in [0.25, 0.3) is 0 Å². The highest BCUT2D eigenvalue weighted by molar-refractivity contribution is 5.69. The van der Waals surface area contributed by atoms with Crippen LogP contribution in [0.1, 0.15) is 82.3 Å². The zero-order chi connectivity index (χ0) is 18.3. The van der Waals surface area contributed by atoms with Crippen LogP contribution < -0.4 is 0 Å². The van der Waals surface area contributed by atoms with E-state index in [2.05, 4.69) is 19.9 Å². The van der Waals surface area contributed by atoms with E-state index in [1.807, 2.05) is 12.1 Å². The number of ether oxygens (including phenoxy) is 1. The van der Waals surface area contributed by atoms with Crippen LogP contribution >= 0.6 is 0 Å². The second kappa shape index (κ2) is 6.90. The SMILES string of the molecule is CCCCC(=O)O[C@@H]1CC[C@H]2[C@H]3CCc4cc(O)ccc4[C@H]3CC[C@]12C. The molecule has 0 spiro atoms. The second-order valence-corrected chi connectivity index (χ2v) is 9.00. The Labute approximate surface area is 157 Å². The standard InChI is InChI=1S/C23H32O3/c1-3-4-5-22(25)26-21-11-10-20-19-8-6-15-14-16(24)7-9-17(15)18(19)12-13-23(20,21)2/h7,9,14,18-21,24H,3-6,8,10-13H2,1-2H3/t18-,19+,20+,21-,23+/m1/s1. The van der Waals surface area contributed by atoms with Gasteiger partial charge in [-0.1, -0.05) is 26.3 Å². The number of carbonyl (C=O) groups excluding carboxylic acids is 1. The number of hydrogen-bond donors (Lipinski definition) is 1. The van der Waals surface area contributed by atoms with Gasteiger partial charge in [0.05, 0.1) is 0 Å². The van der Waals surface area contributed by atoms with Gasteiger partial charge in [-0.05, 0) is 86.0 Å². The van der Waals surface area contributed by atoms with Gasteiger partial charge < -0.3 is 9.84 Å². The highest BCUT2D eigenvalue weighted by Crippen LogP contribution is 2.61. The van der Waals surface area contributed by atoms with Crippen LogP contribution in [0.4, 0.5) is 0 Å². The minimum Gasteiger partial charge on any atom is -0.508 e. The van der Waals surface area contributed by atoms with Crippen LogP contribution in [0, 0.1) is 17.3 Å². The maximum absolute atomic E-state index is 12.2. The van der Waals surface area contributed by atoms with Crippen molar-refractivity contribution in [1.29, 1.82) is 0 Å². The molecule has 0 saturated heterocycles. The van der Waals surface area contributed by atoms with E-state index < -0.39 is 0 Å². The first-order valence-corrected chi connectivity index (χ1v) is 10.5. The molecule has 0 aromatic heterocycles. The molecule has 4 rings (SSSR count). The van der Waals surface area contributed by atoms with E-state index in [0.717, 1.165) is 32.1 Å². The van der Waals surface area contributed by atoms with Gasteiger partial charge in [-0.3, -0.25) is 4.79 Å². The monoisotopic (exact) mass is 356 g/mol. The summed E-state index contributed by atoms with van der Waals surface area (Å²) < 4.78 is 5.98. The lowest BCUT2D eigenvalue weighted by molar-refractivity contribution is -0.157. The van der Waals surface area contributed by atoms with E-state index in [9.17, 15) is 9.90 Å². The van der Waals surface area contributed by atoms with Gasteiger partial charge >= 0.3 is 5.97 Å². The third-order valence-corrected chi connectivity index (χ3v) is 7.63. The fourth-order valence-corrected chi connectivity index (χ4v) is 6.25. The Bertz CT molecular complexity index is 682. The summed E-state index contributed by atoms with van der Waals surface area (Å²) in [6, 6.07) is 5.97. The van der Waals surface area contributed by atoms with E-state index in [0.29, 0.717) is 29.9 Å². The molecular formula is C23H32O3. The molecule has 0 heterocycles. The first-order chi connectivity index (χ1) is 12.5. The number of esters is 1. The molecule has 3 aliphatic rings. The third-order valence-electron chi connectivity index (χ3n) is 7.63. The molecule has 0 radical (unpaired) electrons. The molecule has 5 atom stereocenters. The topological polar surface area (TPSA) is 46.5 Å². The summed E-state index contributed by atoms with van der Waals surface area (Å²) in [7, 11) is 0. The van der Waals surface area contributed by atoms with Crippen LogP contribution in [0.25, 0.3) is 0 Å². The molecule has 2 saturated carbocycles. The lowest BCUT2D eigenvalue weighted by Crippen LogP contribution is -2.45. The molecule has 3 aliphatic carbocycles. The molecule has 1 aromatic carbocycles. The zero-order valence-electron chi connectivity index (χ0n) is 16.2. The largest absolute Gasteiger partial charge is 0.508 e. The van der Waals surface area contributed by atoms with Gasteiger partial charge in [0.15, 0.2) is 0 Å². The highest BCUT2D eigenvalue weighted by atomic mass is 16.5. The predicted molar refractivity (Wildman–Crippen MR) is 102 cm³/mol. The maximum Gasteiger partial charge on any atom is 0.306 e. The predicted octanol–water partition coefficient (Wildman–Crippen LogP) is 5.35. The van der Waals surface area contributed by atoms with Crippen molar-refractivity contribution in [2.45, 2.75) is 83.7 Å². The Morgan fingerprint density at radius 2 is 2.12 bits per heavy atom. The van der Waals surface area contributed by atoms with Crippen molar-refractivity contribution < 1.29 is 14.6 Å². The van der Waals surface area contributed by atoms with Gasteiger partial charge in [-0.25, -0.2) is 0 Å². The first-order valence-electron chi connectivity index (χ1n) is 10.5. The lowest BCUT2D eigenvalue weighted by Gasteiger charge is -2.50. The summed E-state index contributed by atoms with van der Waals surface area (Å²) in [6.07, 6.45) is 9.47. The number of fused-ring (bicyclic) bond motifs is 5. The van der Waals surface area contributed by atoms with E-state index in [4.69, 9.17) is 4.74 Å². The van der Waals surface area contributed by atoms with Gasteiger partial charge in [0.1, 0.15) is 11.9 Å². The van der Waals surface area contributed by atoms with E-state index in [1.54, 1.807) is 0 Å².